The van der Waals surface area contributed by atoms with Crippen LogP contribution in [0.3, 0.4) is 0 Å². The van der Waals surface area contributed by atoms with Gasteiger partial charge < -0.3 is 0 Å². The number of nitrogens with zero attached hydrogens (tertiary/aromatic N) is 2. The summed E-state index contributed by atoms with van der Waals surface area (Å²) in [5, 5.41) is 3.23. The van der Waals surface area contributed by atoms with E-state index in [9.17, 15) is 13.2 Å². The first-order valence-corrected chi connectivity index (χ1v) is 2.58. The largest absolute Gasteiger partial charge is 0.394 e. The van der Waals surface area contributed by atoms with Crippen LogP contribution in [0.5, 0.6) is 0 Å². The molecule has 0 spiro atoms. The van der Waals surface area contributed by atoms with E-state index in [2.05, 4.69) is 10.5 Å². The van der Waals surface area contributed by atoms with Gasteiger partial charge >= 0.3 is 6.18 Å². The third-order valence-electron chi connectivity index (χ3n) is 0.901. The van der Waals surface area contributed by atoms with E-state index in [1.165, 1.54) is 12.3 Å². The summed E-state index contributed by atoms with van der Waals surface area (Å²) >= 11 is 0. The molecule has 0 unspecified atom stereocenters. The molecule has 55 valence electrons. The molecule has 0 aromatic carbocycles. The standard InChI is InChI=1S/C5H4F3N2/c6-5(7,8)3-4-1-2-9-10-4/h1-2H,3H2. The van der Waals surface area contributed by atoms with Gasteiger partial charge in [-0.1, -0.05) is 0 Å². The zero-order chi connectivity index (χ0) is 7.61. The van der Waals surface area contributed by atoms with Crippen molar-refractivity contribution < 1.29 is 13.2 Å². The molecule has 10 heavy (non-hydrogen) atoms. The molecule has 0 aromatic heterocycles. The maximum Gasteiger partial charge on any atom is 0.394 e. The van der Waals surface area contributed by atoms with Crippen LogP contribution in [0.25, 0.3) is 0 Å². The van der Waals surface area contributed by atoms with Gasteiger partial charge in [0.25, 0.3) is 0 Å². The maximum atomic E-state index is 11.6. The van der Waals surface area contributed by atoms with Crippen LogP contribution in [0, 0.1) is 0 Å². The highest BCUT2D eigenvalue weighted by Crippen LogP contribution is 2.21. The minimum atomic E-state index is -4.18. The van der Waals surface area contributed by atoms with E-state index in [-0.39, 0.29) is 5.71 Å². The van der Waals surface area contributed by atoms with Crippen molar-refractivity contribution in [3.8, 4) is 0 Å². The Balaban J connectivity index is 2.46. The van der Waals surface area contributed by atoms with Gasteiger partial charge in [0.05, 0.1) is 18.3 Å². The Hall–Kier alpha value is -1.00. The molecule has 2 nitrogen and oxygen atoms in total. The van der Waals surface area contributed by atoms with Gasteiger partial charge in [0.1, 0.15) is 0 Å². The van der Waals surface area contributed by atoms with Crippen LogP contribution in [0.15, 0.2) is 17.4 Å². The van der Waals surface area contributed by atoms with Crippen LogP contribution in [0.4, 0.5) is 13.2 Å². The minimum Gasteiger partial charge on any atom is -0.171 e. The second-order valence-corrected chi connectivity index (χ2v) is 1.81. The molecule has 1 aliphatic heterocycles. The lowest BCUT2D eigenvalue weighted by molar-refractivity contribution is -0.121. The summed E-state index contributed by atoms with van der Waals surface area (Å²) in [5.74, 6) is 0. The zero-order valence-corrected chi connectivity index (χ0v) is 4.89. The van der Waals surface area contributed by atoms with Gasteiger partial charge in [-0.3, -0.25) is 0 Å². The molecule has 0 atom stereocenters. The van der Waals surface area contributed by atoms with Gasteiger partial charge in [-0.05, 0) is 6.08 Å². The fourth-order valence-corrected chi connectivity index (χ4v) is 0.560. The first-order valence-electron chi connectivity index (χ1n) is 2.58. The predicted octanol–water partition coefficient (Wildman–Crippen LogP) is 1.43. The van der Waals surface area contributed by atoms with Crippen molar-refractivity contribution in [2.75, 3.05) is 0 Å². The molecule has 0 bridgehead atoms. The van der Waals surface area contributed by atoms with Gasteiger partial charge in [0.15, 0.2) is 0 Å². The third kappa shape index (κ3) is 2.08. The van der Waals surface area contributed by atoms with Crippen LogP contribution in [0.2, 0.25) is 0 Å². The molecule has 1 radical (unpaired) electrons. The second-order valence-electron chi connectivity index (χ2n) is 1.81. The van der Waals surface area contributed by atoms with Crippen LogP contribution >= 0.6 is 0 Å². The van der Waals surface area contributed by atoms with Crippen LogP contribution in [0.1, 0.15) is 6.42 Å². The molecular formula is C5H4F3N2. The molecule has 0 N–H and O–H groups in total. The number of halogens is 3. The highest BCUT2D eigenvalue weighted by atomic mass is 19.4. The fraction of sp³-hybridized carbons (Fsp3) is 0.400. The Kier molecular flexibility index (Phi) is 1.65. The van der Waals surface area contributed by atoms with Crippen molar-refractivity contribution in [3.63, 3.8) is 0 Å². The number of hydrogen-bond donors (Lipinski definition) is 0. The molecule has 0 aromatic rings. The molecule has 1 heterocycles. The summed E-state index contributed by atoms with van der Waals surface area (Å²) in [6.45, 7) is 0. The SMILES string of the molecule is FC(F)(F)CC1=N[N]C=C1. The predicted molar refractivity (Wildman–Crippen MR) is 29.4 cm³/mol. The molecular weight excluding hydrogens is 145 g/mol. The zero-order valence-electron chi connectivity index (χ0n) is 4.89. The van der Waals surface area contributed by atoms with E-state index in [1.54, 1.807) is 0 Å². The first-order chi connectivity index (χ1) is 4.58. The van der Waals surface area contributed by atoms with E-state index in [0.717, 1.165) is 0 Å². The number of allylic oxidation sites excluding steroid dienone is 1. The van der Waals surface area contributed by atoms with E-state index < -0.39 is 12.6 Å². The van der Waals surface area contributed by atoms with Gasteiger partial charge in [0, 0.05) is 0 Å². The summed E-state index contributed by atoms with van der Waals surface area (Å²) in [5.41, 5.74) is 3.22. The molecule has 0 fully saturated rings. The van der Waals surface area contributed by atoms with Crippen LogP contribution < -0.4 is 5.43 Å². The summed E-state index contributed by atoms with van der Waals surface area (Å²) in [4.78, 5) is 0. The molecule has 5 heteroatoms. The van der Waals surface area contributed by atoms with Crippen molar-refractivity contribution in [1.82, 2.24) is 5.43 Å². The van der Waals surface area contributed by atoms with E-state index in [0.29, 0.717) is 0 Å². The summed E-state index contributed by atoms with van der Waals surface area (Å²) in [6, 6.07) is 0. The lowest BCUT2D eigenvalue weighted by Crippen LogP contribution is -2.12. The molecule has 1 rings (SSSR count). The van der Waals surface area contributed by atoms with Gasteiger partial charge in [-0.25, -0.2) is 0 Å². The summed E-state index contributed by atoms with van der Waals surface area (Å²) < 4.78 is 34.7. The third-order valence-corrected chi connectivity index (χ3v) is 0.901. The monoisotopic (exact) mass is 149 g/mol. The smallest absolute Gasteiger partial charge is 0.171 e. The normalized spacial score (nSPS) is 16.9. The van der Waals surface area contributed by atoms with Crippen molar-refractivity contribution in [1.29, 1.82) is 0 Å². The number of alkyl halides is 3. The topological polar surface area (TPSA) is 26.5 Å². The Labute approximate surface area is 55.4 Å². The Morgan fingerprint density at radius 3 is 2.50 bits per heavy atom. The highest BCUT2D eigenvalue weighted by Gasteiger charge is 2.29. The van der Waals surface area contributed by atoms with Gasteiger partial charge in [-0.2, -0.15) is 23.7 Å². The fourth-order valence-electron chi connectivity index (χ4n) is 0.560. The van der Waals surface area contributed by atoms with E-state index >= 15 is 0 Å². The van der Waals surface area contributed by atoms with Gasteiger partial charge in [0.2, 0.25) is 0 Å². The minimum absolute atomic E-state index is 0.0347. The highest BCUT2D eigenvalue weighted by molar-refractivity contribution is 5.96. The van der Waals surface area contributed by atoms with Crippen molar-refractivity contribution in [2.45, 2.75) is 12.6 Å². The molecule has 0 saturated heterocycles. The Bertz CT molecular complexity index is 180. The second kappa shape index (κ2) is 2.32. The Morgan fingerprint density at radius 1 is 1.40 bits per heavy atom. The van der Waals surface area contributed by atoms with Gasteiger partial charge in [-0.15, -0.1) is 0 Å². The summed E-state index contributed by atoms with van der Waals surface area (Å²) in [7, 11) is 0. The molecule has 0 aliphatic carbocycles. The van der Waals surface area contributed by atoms with Crippen molar-refractivity contribution in [3.05, 3.63) is 12.3 Å². The summed E-state index contributed by atoms with van der Waals surface area (Å²) in [6.07, 6.45) is -2.69. The van der Waals surface area contributed by atoms with E-state index in [4.69, 9.17) is 0 Å². The Morgan fingerprint density at radius 2 is 2.10 bits per heavy atom. The molecule has 0 amide bonds. The van der Waals surface area contributed by atoms with Crippen molar-refractivity contribution >= 4 is 5.71 Å². The molecule has 0 saturated carbocycles. The average molecular weight is 149 g/mol. The first kappa shape index (κ1) is 7.11. The molecule has 1 aliphatic rings. The quantitative estimate of drug-likeness (QED) is 0.539. The van der Waals surface area contributed by atoms with Crippen LogP contribution in [-0.2, 0) is 0 Å². The average Bonchev–Trinajstić information content (AvgIpc) is 2.12. The number of rotatable bonds is 1. The van der Waals surface area contributed by atoms with Crippen molar-refractivity contribution in [2.24, 2.45) is 5.10 Å². The maximum absolute atomic E-state index is 11.6. The van der Waals surface area contributed by atoms with Crippen LogP contribution in [-0.4, -0.2) is 11.9 Å². The number of hydrogen-bond acceptors (Lipinski definition) is 1. The lowest BCUT2D eigenvalue weighted by Gasteiger charge is -2.01. The van der Waals surface area contributed by atoms with E-state index in [1.807, 2.05) is 0 Å². The lowest BCUT2D eigenvalue weighted by atomic mass is 10.3.